The van der Waals surface area contributed by atoms with Gasteiger partial charge in [0.1, 0.15) is 38.5 Å². The zero-order chi connectivity index (χ0) is 33.5. The maximum absolute atomic E-state index is 6.92. The van der Waals surface area contributed by atoms with Gasteiger partial charge in [-0.3, -0.25) is 0 Å². The molecule has 238 valence electrons. The summed E-state index contributed by atoms with van der Waals surface area (Å²) in [5.74, 6) is 0. The Morgan fingerprint density at radius 3 is 1.44 bits per heavy atom. The van der Waals surface area contributed by atoms with Crippen LogP contribution in [0.5, 0.6) is 0 Å². The van der Waals surface area contributed by atoms with Gasteiger partial charge in [-0.2, -0.15) is 0 Å². The van der Waals surface area contributed by atoms with Crippen molar-refractivity contribution in [3.05, 3.63) is 133 Å². The monoisotopic (exact) mass is 674 g/mol. The summed E-state index contributed by atoms with van der Waals surface area (Å²) in [5, 5.41) is 10.9. The molecular formula is C46H34O2Si2. The first-order chi connectivity index (χ1) is 24.3. The van der Waals surface area contributed by atoms with Crippen LogP contribution >= 0.6 is 0 Å². The van der Waals surface area contributed by atoms with Gasteiger partial charge in [0.2, 0.25) is 0 Å². The van der Waals surface area contributed by atoms with Crippen molar-refractivity contribution < 1.29 is 8.83 Å². The minimum Gasteiger partial charge on any atom is -0.455 e. The van der Waals surface area contributed by atoms with E-state index in [9.17, 15) is 0 Å². The molecule has 2 aromatic heterocycles. The van der Waals surface area contributed by atoms with Gasteiger partial charge in [0, 0.05) is 32.7 Å². The first-order valence-electron chi connectivity index (χ1n) is 17.6. The summed E-state index contributed by atoms with van der Waals surface area (Å²) < 4.78 is 13.7. The zero-order valence-electron chi connectivity index (χ0n) is 28.5. The zero-order valence-corrected chi connectivity index (χ0v) is 30.5. The largest absolute Gasteiger partial charge is 0.455 e. The van der Waals surface area contributed by atoms with Gasteiger partial charge in [0.15, 0.2) is 0 Å². The van der Waals surface area contributed by atoms with E-state index in [-0.39, 0.29) is 0 Å². The number of furan rings is 2. The van der Waals surface area contributed by atoms with E-state index in [0.717, 1.165) is 22.3 Å². The van der Waals surface area contributed by atoms with Gasteiger partial charge >= 0.3 is 0 Å². The molecule has 2 aliphatic heterocycles. The van der Waals surface area contributed by atoms with Crippen molar-refractivity contribution >= 4 is 80.8 Å². The second-order valence-corrected chi connectivity index (χ2v) is 23.9. The molecule has 7 aromatic carbocycles. The third kappa shape index (κ3) is 3.52. The summed E-state index contributed by atoms with van der Waals surface area (Å²) in [6.45, 7) is 10.2. The predicted molar refractivity (Wildman–Crippen MR) is 216 cm³/mol. The molecule has 0 saturated heterocycles. The van der Waals surface area contributed by atoms with Crippen LogP contribution in [-0.2, 0) is 0 Å². The third-order valence-corrected chi connectivity index (χ3v) is 18.9. The predicted octanol–water partition coefficient (Wildman–Crippen LogP) is 10.4. The number of para-hydroxylation sites is 2. The second-order valence-electron chi connectivity index (χ2n) is 15.2. The molecule has 4 heteroatoms. The van der Waals surface area contributed by atoms with Gasteiger partial charge in [-0.25, -0.2) is 0 Å². The highest BCUT2D eigenvalue weighted by Crippen LogP contribution is 2.47. The maximum atomic E-state index is 6.92. The van der Waals surface area contributed by atoms with Crippen molar-refractivity contribution in [2.45, 2.75) is 26.2 Å². The van der Waals surface area contributed by atoms with Crippen molar-refractivity contribution in [1.29, 1.82) is 0 Å². The first-order valence-corrected chi connectivity index (χ1v) is 23.6. The summed E-state index contributed by atoms with van der Waals surface area (Å²) in [6, 6.07) is 49.0. The van der Waals surface area contributed by atoms with Crippen LogP contribution in [0.2, 0.25) is 26.2 Å². The summed E-state index contributed by atoms with van der Waals surface area (Å²) in [6.07, 6.45) is 0. The normalized spacial score (nSPS) is 15.1. The Morgan fingerprint density at radius 2 is 0.820 bits per heavy atom. The van der Waals surface area contributed by atoms with Gasteiger partial charge in [-0.1, -0.05) is 148 Å². The van der Waals surface area contributed by atoms with Crippen molar-refractivity contribution in [2.75, 3.05) is 0 Å². The molecule has 0 unspecified atom stereocenters. The fraction of sp³-hybridized carbons (Fsp3) is 0.0870. The lowest BCUT2D eigenvalue weighted by atomic mass is 9.92. The summed E-state index contributed by atoms with van der Waals surface area (Å²) in [4.78, 5) is 0. The number of rotatable bonds is 2. The van der Waals surface area contributed by atoms with Crippen molar-refractivity contribution in [3.63, 3.8) is 0 Å². The molecule has 0 N–H and O–H groups in total. The number of fused-ring (bicyclic) bond motifs is 14. The molecule has 9 aromatic rings. The molecular weight excluding hydrogens is 641 g/mol. The minimum atomic E-state index is -2.16. The fourth-order valence-electron chi connectivity index (χ4n) is 9.35. The molecule has 0 fully saturated rings. The molecule has 0 atom stereocenters. The molecule has 2 nitrogen and oxygen atoms in total. The Bertz CT molecular complexity index is 2910. The molecule has 4 heterocycles. The van der Waals surface area contributed by atoms with E-state index in [4.69, 9.17) is 8.83 Å². The highest BCUT2D eigenvalue weighted by atomic mass is 28.3. The van der Waals surface area contributed by atoms with E-state index in [1.54, 1.807) is 0 Å². The summed E-state index contributed by atoms with van der Waals surface area (Å²) >= 11 is 0. The minimum absolute atomic E-state index is 0.949. The topological polar surface area (TPSA) is 26.3 Å². The summed E-state index contributed by atoms with van der Waals surface area (Å²) in [5.41, 5.74) is 14.3. The average molecular weight is 675 g/mol. The highest BCUT2D eigenvalue weighted by Gasteiger charge is 2.46. The van der Waals surface area contributed by atoms with Crippen LogP contribution in [-0.4, -0.2) is 16.1 Å². The SMILES string of the molecule is C[Si]1(C)c2cc3c(cc2-c2c1cc(-c1ccccc1)c1c2oc2ccccc21)[Si](C)(C)c1cc(-c2ccccc2)c2oc4ccccc4c2c1-3. The standard InChI is InChI=1S/C46H34O2Si2/c1-49(2)37-26-34-38(25-33(37)42-39(49)24-32(28-17-9-6-10-18-28)45-44(42)30-20-12-14-22-36(30)47-45)50(3,4)40-23-31(27-15-7-5-8-16-27)41-29-19-11-13-21-35(29)48-46(41)43(34)40/h5-26H,1-4H3. The molecule has 11 rings (SSSR count). The molecule has 0 radical (unpaired) electrons. The molecule has 0 amide bonds. The second kappa shape index (κ2) is 9.63. The van der Waals surface area contributed by atoms with Crippen molar-refractivity contribution in [2.24, 2.45) is 0 Å². The Morgan fingerprint density at radius 1 is 0.380 bits per heavy atom. The number of hydrogen-bond acceptors (Lipinski definition) is 2. The van der Waals surface area contributed by atoms with Crippen LogP contribution in [0, 0.1) is 0 Å². The van der Waals surface area contributed by atoms with Crippen LogP contribution in [0.15, 0.2) is 142 Å². The van der Waals surface area contributed by atoms with Gasteiger partial charge in [0.25, 0.3) is 0 Å². The Kier molecular flexibility index (Phi) is 5.47. The maximum Gasteiger partial charge on any atom is 0.143 e. The van der Waals surface area contributed by atoms with Crippen LogP contribution in [0.1, 0.15) is 0 Å². The molecule has 0 aliphatic carbocycles. The Hall–Kier alpha value is -5.43. The molecule has 50 heavy (non-hydrogen) atoms. The first kappa shape index (κ1) is 28.4. The smallest absolute Gasteiger partial charge is 0.143 e. The molecule has 0 bridgehead atoms. The Balaban J connectivity index is 1.25. The van der Waals surface area contributed by atoms with E-state index >= 15 is 0 Å². The lowest BCUT2D eigenvalue weighted by Gasteiger charge is -2.22. The average Bonchev–Trinajstić information content (AvgIpc) is 3.84. The van der Waals surface area contributed by atoms with Crippen LogP contribution in [0.4, 0.5) is 0 Å². The van der Waals surface area contributed by atoms with E-state index in [0.29, 0.717) is 0 Å². The highest BCUT2D eigenvalue weighted by molar-refractivity contribution is 7.06. The van der Waals surface area contributed by atoms with E-state index in [1.165, 1.54) is 86.8 Å². The lowest BCUT2D eigenvalue weighted by molar-refractivity contribution is 0.670. The van der Waals surface area contributed by atoms with Crippen molar-refractivity contribution in [1.82, 2.24) is 0 Å². The van der Waals surface area contributed by atoms with Crippen LogP contribution in [0.3, 0.4) is 0 Å². The van der Waals surface area contributed by atoms with Gasteiger partial charge in [-0.15, -0.1) is 0 Å². The number of benzene rings is 7. The summed E-state index contributed by atoms with van der Waals surface area (Å²) in [7, 11) is -4.31. The van der Waals surface area contributed by atoms with E-state index < -0.39 is 16.1 Å². The van der Waals surface area contributed by atoms with E-state index in [2.05, 4.69) is 160 Å². The molecule has 2 aliphatic rings. The lowest BCUT2D eigenvalue weighted by Crippen LogP contribution is -2.51. The fourth-order valence-corrected chi connectivity index (χ4v) is 15.4. The number of hydrogen-bond donors (Lipinski definition) is 0. The van der Waals surface area contributed by atoms with Gasteiger partial charge in [-0.05, 0) is 66.3 Å². The molecule has 0 spiro atoms. The van der Waals surface area contributed by atoms with Crippen LogP contribution in [0.25, 0.3) is 88.4 Å². The van der Waals surface area contributed by atoms with E-state index in [1.807, 2.05) is 0 Å². The van der Waals surface area contributed by atoms with Gasteiger partial charge in [0.05, 0.1) is 0 Å². The Labute approximate surface area is 292 Å². The third-order valence-electron chi connectivity index (χ3n) is 11.9. The molecule has 0 saturated carbocycles. The van der Waals surface area contributed by atoms with Gasteiger partial charge < -0.3 is 8.83 Å². The van der Waals surface area contributed by atoms with Crippen LogP contribution < -0.4 is 20.7 Å². The van der Waals surface area contributed by atoms with Crippen molar-refractivity contribution in [3.8, 4) is 44.5 Å². The quantitative estimate of drug-likeness (QED) is 0.171.